The molecule has 1 atom stereocenters. The van der Waals surface area contributed by atoms with Crippen LogP contribution >= 0.6 is 11.3 Å². The summed E-state index contributed by atoms with van der Waals surface area (Å²) in [6.45, 7) is 6.00. The zero-order valence-electron chi connectivity index (χ0n) is 15.5. The van der Waals surface area contributed by atoms with Crippen molar-refractivity contribution in [2.24, 2.45) is 0 Å². The van der Waals surface area contributed by atoms with E-state index in [9.17, 15) is 4.79 Å². The highest BCUT2D eigenvalue weighted by Gasteiger charge is 2.25. The molecule has 1 aliphatic heterocycles. The van der Waals surface area contributed by atoms with Crippen molar-refractivity contribution in [3.05, 3.63) is 57.6 Å². The van der Waals surface area contributed by atoms with E-state index in [0.717, 1.165) is 47.0 Å². The number of amides is 1. The first kappa shape index (κ1) is 18.8. The Kier molecular flexibility index (Phi) is 6.58. The third kappa shape index (κ3) is 4.80. The lowest BCUT2D eigenvalue weighted by molar-refractivity contribution is 0.0557. The molecule has 2 aromatic rings. The topological polar surface area (TPSA) is 42.4 Å². The molecule has 0 aliphatic carbocycles. The minimum Gasteiger partial charge on any atom is -0.376 e. The second kappa shape index (κ2) is 9.10. The monoisotopic (exact) mass is 370 g/mol. The van der Waals surface area contributed by atoms with Gasteiger partial charge in [0, 0.05) is 19.7 Å². The third-order valence-corrected chi connectivity index (χ3v) is 5.80. The fraction of sp³-hybridized carbons (Fsp3) is 0.429. The number of benzene rings is 1. The van der Waals surface area contributed by atoms with Gasteiger partial charge in [-0.1, -0.05) is 49.4 Å². The van der Waals surface area contributed by atoms with Crippen LogP contribution in [0.25, 0.3) is 6.08 Å². The van der Waals surface area contributed by atoms with Crippen LogP contribution in [-0.4, -0.2) is 41.6 Å². The van der Waals surface area contributed by atoms with E-state index in [4.69, 9.17) is 4.74 Å². The van der Waals surface area contributed by atoms with E-state index in [2.05, 4.69) is 36.2 Å². The largest absolute Gasteiger partial charge is 0.376 e. The number of thiazole rings is 1. The highest BCUT2D eigenvalue weighted by atomic mass is 32.1. The van der Waals surface area contributed by atoms with Gasteiger partial charge in [0.1, 0.15) is 4.88 Å². The summed E-state index contributed by atoms with van der Waals surface area (Å²) in [5.74, 6) is 0.0629. The smallest absolute Gasteiger partial charge is 0.266 e. The van der Waals surface area contributed by atoms with Gasteiger partial charge in [-0.2, -0.15) is 0 Å². The van der Waals surface area contributed by atoms with Crippen molar-refractivity contribution in [3.8, 4) is 0 Å². The zero-order chi connectivity index (χ0) is 18.4. The molecule has 1 saturated heterocycles. The maximum absolute atomic E-state index is 13.1. The van der Waals surface area contributed by atoms with Crippen LogP contribution in [0.5, 0.6) is 0 Å². The summed E-state index contributed by atoms with van der Waals surface area (Å²) in [4.78, 5) is 20.3. The fourth-order valence-electron chi connectivity index (χ4n) is 3.10. The molecule has 5 heteroatoms. The normalized spacial score (nSPS) is 17.1. The number of hydrogen-bond acceptors (Lipinski definition) is 4. The van der Waals surface area contributed by atoms with Crippen molar-refractivity contribution in [1.29, 1.82) is 0 Å². The molecule has 0 N–H and O–H groups in total. The molecular formula is C21H26N2O2S. The molecule has 3 rings (SSSR count). The molecule has 1 aromatic heterocycles. The number of rotatable bonds is 7. The van der Waals surface area contributed by atoms with E-state index < -0.39 is 0 Å². The molecule has 1 aliphatic rings. The zero-order valence-corrected chi connectivity index (χ0v) is 16.3. The van der Waals surface area contributed by atoms with E-state index in [1.165, 1.54) is 11.3 Å². The second-order valence-corrected chi connectivity index (χ2v) is 7.62. The summed E-state index contributed by atoms with van der Waals surface area (Å²) in [6, 6.07) is 10.2. The fourth-order valence-corrected chi connectivity index (χ4v) is 4.07. The number of aromatic nitrogens is 1. The predicted octanol–water partition coefficient (Wildman–Crippen LogP) is 4.35. The first-order valence-corrected chi connectivity index (χ1v) is 10.1. The summed E-state index contributed by atoms with van der Waals surface area (Å²) in [6.07, 6.45) is 7.22. The van der Waals surface area contributed by atoms with Crippen LogP contribution in [0.2, 0.25) is 0 Å². The minimum atomic E-state index is 0.0629. The first-order valence-electron chi connectivity index (χ1n) is 9.26. The molecule has 26 heavy (non-hydrogen) atoms. The molecule has 1 fully saturated rings. The number of ether oxygens (including phenoxy) is 1. The van der Waals surface area contributed by atoms with Crippen molar-refractivity contribution in [3.63, 3.8) is 0 Å². The van der Waals surface area contributed by atoms with Gasteiger partial charge in [0.05, 0.1) is 16.8 Å². The Balaban J connectivity index is 1.74. The molecule has 1 aromatic carbocycles. The quantitative estimate of drug-likeness (QED) is 0.728. The number of aryl methyl sites for hydroxylation is 2. The molecule has 2 heterocycles. The summed E-state index contributed by atoms with van der Waals surface area (Å²) < 4.78 is 5.76. The number of carbonyl (C=O) groups is 1. The highest BCUT2D eigenvalue weighted by molar-refractivity contribution is 7.13. The standard InChI is InChI=1S/C21H26N2O2S/c1-3-19-22-16(2)20(26-19)21(24)23(15-18-12-8-14-25-18)13-7-11-17-9-5-4-6-10-17/h4-7,9-11,18H,3,8,12-15H2,1-2H3/b11-7+/t18-/m0/s1. The first-order chi connectivity index (χ1) is 12.7. The van der Waals surface area contributed by atoms with Gasteiger partial charge in [-0.05, 0) is 31.7 Å². The van der Waals surface area contributed by atoms with Gasteiger partial charge in [-0.3, -0.25) is 4.79 Å². The summed E-state index contributed by atoms with van der Waals surface area (Å²) >= 11 is 1.52. The van der Waals surface area contributed by atoms with Crippen molar-refractivity contribution >= 4 is 23.3 Å². The maximum Gasteiger partial charge on any atom is 0.266 e. The van der Waals surface area contributed by atoms with Crippen LogP contribution in [0.1, 0.15) is 45.7 Å². The molecule has 0 spiro atoms. The lowest BCUT2D eigenvalue weighted by Crippen LogP contribution is -2.37. The average molecular weight is 371 g/mol. The lowest BCUT2D eigenvalue weighted by atomic mass is 10.2. The number of hydrogen-bond donors (Lipinski definition) is 0. The van der Waals surface area contributed by atoms with Crippen LogP contribution < -0.4 is 0 Å². The van der Waals surface area contributed by atoms with Gasteiger partial charge in [-0.15, -0.1) is 11.3 Å². The van der Waals surface area contributed by atoms with Gasteiger partial charge < -0.3 is 9.64 Å². The van der Waals surface area contributed by atoms with Gasteiger partial charge >= 0.3 is 0 Å². The SMILES string of the molecule is CCc1nc(C)c(C(=O)N(C/C=C/c2ccccc2)C[C@@H]2CCCO2)s1. The molecular weight excluding hydrogens is 344 g/mol. The molecule has 0 saturated carbocycles. The number of carbonyl (C=O) groups excluding carboxylic acids is 1. The van der Waals surface area contributed by atoms with Gasteiger partial charge in [-0.25, -0.2) is 4.98 Å². The molecule has 0 bridgehead atoms. The van der Waals surface area contributed by atoms with Gasteiger partial charge in [0.15, 0.2) is 0 Å². The Hall–Kier alpha value is -1.98. The van der Waals surface area contributed by atoms with E-state index in [-0.39, 0.29) is 12.0 Å². The highest BCUT2D eigenvalue weighted by Crippen LogP contribution is 2.22. The van der Waals surface area contributed by atoms with Crippen LogP contribution in [0.3, 0.4) is 0 Å². The van der Waals surface area contributed by atoms with Crippen molar-refractivity contribution < 1.29 is 9.53 Å². The van der Waals surface area contributed by atoms with Gasteiger partial charge in [0.2, 0.25) is 0 Å². The molecule has 138 valence electrons. The van der Waals surface area contributed by atoms with Crippen molar-refractivity contribution in [2.75, 3.05) is 19.7 Å². The predicted molar refractivity (Wildman–Crippen MR) is 107 cm³/mol. The summed E-state index contributed by atoms with van der Waals surface area (Å²) in [5, 5.41) is 1.02. The van der Waals surface area contributed by atoms with Crippen molar-refractivity contribution in [2.45, 2.75) is 39.2 Å². The van der Waals surface area contributed by atoms with E-state index in [0.29, 0.717) is 13.1 Å². The molecule has 1 amide bonds. The molecule has 4 nitrogen and oxygen atoms in total. The Bertz CT molecular complexity index is 749. The maximum atomic E-state index is 13.1. The number of nitrogens with zero attached hydrogens (tertiary/aromatic N) is 2. The van der Waals surface area contributed by atoms with Crippen LogP contribution in [0.4, 0.5) is 0 Å². The van der Waals surface area contributed by atoms with E-state index in [1.807, 2.05) is 30.0 Å². The van der Waals surface area contributed by atoms with Gasteiger partial charge in [0.25, 0.3) is 5.91 Å². The lowest BCUT2D eigenvalue weighted by Gasteiger charge is -2.24. The third-order valence-electron chi connectivity index (χ3n) is 4.51. The van der Waals surface area contributed by atoms with Crippen LogP contribution in [-0.2, 0) is 11.2 Å². The van der Waals surface area contributed by atoms with Crippen LogP contribution in [0.15, 0.2) is 36.4 Å². The molecule has 0 unspecified atom stereocenters. The Morgan fingerprint density at radius 2 is 2.19 bits per heavy atom. The van der Waals surface area contributed by atoms with Crippen LogP contribution in [0, 0.1) is 6.92 Å². The minimum absolute atomic E-state index is 0.0629. The summed E-state index contributed by atoms with van der Waals surface area (Å²) in [5.41, 5.74) is 1.97. The van der Waals surface area contributed by atoms with E-state index >= 15 is 0 Å². The van der Waals surface area contributed by atoms with Crippen molar-refractivity contribution in [1.82, 2.24) is 9.88 Å². The Morgan fingerprint density at radius 1 is 1.38 bits per heavy atom. The molecule has 0 radical (unpaired) electrons. The Labute approximate surface area is 159 Å². The van der Waals surface area contributed by atoms with E-state index in [1.54, 1.807) is 0 Å². The Morgan fingerprint density at radius 3 is 2.85 bits per heavy atom. The second-order valence-electron chi connectivity index (χ2n) is 6.53. The summed E-state index contributed by atoms with van der Waals surface area (Å²) in [7, 11) is 0. The average Bonchev–Trinajstić information content (AvgIpc) is 3.30.